The first-order valence-corrected chi connectivity index (χ1v) is 12.0. The Morgan fingerprint density at radius 3 is 2.30 bits per heavy atom. The Bertz CT molecular complexity index is 1040. The largest absolute Gasteiger partial charge is 0.490 e. The van der Waals surface area contributed by atoms with Gasteiger partial charge in [-0.05, 0) is 18.6 Å². The zero-order chi connectivity index (χ0) is 24.0. The van der Waals surface area contributed by atoms with Gasteiger partial charge in [0.15, 0.2) is 0 Å². The van der Waals surface area contributed by atoms with E-state index in [0.717, 1.165) is 11.2 Å². The molecule has 0 spiro atoms. The van der Waals surface area contributed by atoms with Gasteiger partial charge in [-0.2, -0.15) is 8.42 Å². The highest BCUT2D eigenvalue weighted by molar-refractivity contribution is 7.85. The van der Waals surface area contributed by atoms with Gasteiger partial charge in [0.2, 0.25) is 11.8 Å². The molecule has 1 atom stereocenters. The normalized spacial score (nSPS) is 18.5. The summed E-state index contributed by atoms with van der Waals surface area (Å²) in [5.41, 5.74) is 0.203. The number of imide groups is 2. The molecule has 3 rings (SSSR count). The molecule has 1 aromatic carbocycles. The van der Waals surface area contributed by atoms with Crippen LogP contribution >= 0.6 is 0 Å². The second-order valence-corrected chi connectivity index (χ2v) is 8.87. The van der Waals surface area contributed by atoms with E-state index in [1.807, 2.05) is 0 Å². The van der Waals surface area contributed by atoms with E-state index in [9.17, 15) is 27.6 Å². The van der Waals surface area contributed by atoms with Crippen LogP contribution in [0.5, 0.6) is 5.75 Å². The fraction of sp³-hybridized carbons (Fsp3) is 0.500. The summed E-state index contributed by atoms with van der Waals surface area (Å²) in [6.07, 6.45) is 1.07. The molecule has 13 heteroatoms. The third-order valence-corrected chi connectivity index (χ3v) is 5.41. The monoisotopic (exact) mass is 484 g/mol. The van der Waals surface area contributed by atoms with Crippen LogP contribution in [0.1, 0.15) is 33.6 Å². The number of piperidine rings is 1. The number of carbonyl (C=O) groups excluding carboxylic acids is 4. The maximum absolute atomic E-state index is 12.9. The number of nitrogens with one attached hydrogen (secondary N) is 1. The minimum atomic E-state index is -3.49. The molecule has 0 aliphatic carbocycles. The lowest BCUT2D eigenvalue weighted by Crippen LogP contribution is -2.54. The lowest BCUT2D eigenvalue weighted by molar-refractivity contribution is -0.136. The molecule has 0 bridgehead atoms. The molecule has 33 heavy (non-hydrogen) atoms. The van der Waals surface area contributed by atoms with E-state index < -0.39 is 39.8 Å². The molecule has 4 amide bonds. The second kappa shape index (κ2) is 10.8. The summed E-state index contributed by atoms with van der Waals surface area (Å²) in [5.74, 6) is -2.18. The summed E-state index contributed by atoms with van der Waals surface area (Å²) in [6.45, 7) is 0.740. The predicted molar refractivity (Wildman–Crippen MR) is 111 cm³/mol. The Morgan fingerprint density at radius 2 is 1.64 bits per heavy atom. The van der Waals surface area contributed by atoms with Crippen molar-refractivity contribution in [1.29, 1.82) is 0 Å². The van der Waals surface area contributed by atoms with Crippen molar-refractivity contribution in [3.63, 3.8) is 0 Å². The van der Waals surface area contributed by atoms with E-state index in [1.165, 1.54) is 6.07 Å². The molecule has 1 N–H and O–H groups in total. The Labute approximate surface area is 190 Å². The summed E-state index contributed by atoms with van der Waals surface area (Å²) in [5, 5.41) is 2.15. The third-order valence-electron chi connectivity index (χ3n) is 4.81. The number of fused-ring (bicyclic) bond motifs is 1. The minimum absolute atomic E-state index is 0.0406. The van der Waals surface area contributed by atoms with Crippen LogP contribution in [0.25, 0.3) is 0 Å². The highest BCUT2D eigenvalue weighted by atomic mass is 32.2. The van der Waals surface area contributed by atoms with Crippen molar-refractivity contribution in [2.24, 2.45) is 0 Å². The van der Waals surface area contributed by atoms with E-state index in [-0.39, 0.29) is 69.4 Å². The summed E-state index contributed by atoms with van der Waals surface area (Å²) < 4.78 is 42.3. The number of nitrogens with zero attached hydrogens (tertiary/aromatic N) is 1. The molecule has 1 aromatic rings. The topological polar surface area (TPSA) is 155 Å². The fourth-order valence-corrected chi connectivity index (χ4v) is 3.75. The molecule has 2 aliphatic heterocycles. The quantitative estimate of drug-likeness (QED) is 0.233. The maximum atomic E-state index is 12.9. The molecule has 1 saturated heterocycles. The average Bonchev–Trinajstić information content (AvgIpc) is 3.00. The van der Waals surface area contributed by atoms with Crippen molar-refractivity contribution in [3.8, 4) is 5.75 Å². The van der Waals surface area contributed by atoms with Gasteiger partial charge in [0.1, 0.15) is 18.4 Å². The van der Waals surface area contributed by atoms with E-state index in [4.69, 9.17) is 14.2 Å². The van der Waals surface area contributed by atoms with Crippen molar-refractivity contribution < 1.29 is 46.0 Å². The van der Waals surface area contributed by atoms with Gasteiger partial charge in [0, 0.05) is 6.42 Å². The second-order valence-electron chi connectivity index (χ2n) is 7.23. The molecule has 1 unspecified atom stereocenters. The third kappa shape index (κ3) is 6.35. The Balaban J connectivity index is 1.46. The Kier molecular flexibility index (Phi) is 8.13. The molecule has 0 aromatic heterocycles. The summed E-state index contributed by atoms with van der Waals surface area (Å²) in [6, 6.07) is 3.55. The fourth-order valence-electron chi connectivity index (χ4n) is 3.38. The minimum Gasteiger partial charge on any atom is -0.490 e. The van der Waals surface area contributed by atoms with Gasteiger partial charge in [-0.1, -0.05) is 6.07 Å². The number of hydrogen-bond donors (Lipinski definition) is 1. The van der Waals surface area contributed by atoms with Crippen molar-refractivity contribution in [2.45, 2.75) is 18.9 Å². The zero-order valence-corrected chi connectivity index (χ0v) is 18.7. The van der Waals surface area contributed by atoms with Gasteiger partial charge in [-0.25, -0.2) is 0 Å². The van der Waals surface area contributed by atoms with Crippen molar-refractivity contribution in [1.82, 2.24) is 10.2 Å². The molecular weight excluding hydrogens is 460 g/mol. The molecule has 0 radical (unpaired) electrons. The van der Waals surface area contributed by atoms with Crippen molar-refractivity contribution in [3.05, 3.63) is 29.3 Å². The van der Waals surface area contributed by atoms with Crippen molar-refractivity contribution in [2.75, 3.05) is 45.9 Å². The molecule has 0 saturated carbocycles. The highest BCUT2D eigenvalue weighted by Crippen LogP contribution is 2.33. The van der Waals surface area contributed by atoms with Crippen LogP contribution < -0.4 is 10.1 Å². The molecule has 1 fully saturated rings. The molecular formula is C20H24N2O10S. The van der Waals surface area contributed by atoms with Gasteiger partial charge in [0.05, 0.1) is 50.4 Å². The van der Waals surface area contributed by atoms with Crippen LogP contribution in [0.2, 0.25) is 0 Å². The van der Waals surface area contributed by atoms with Gasteiger partial charge in [-0.15, -0.1) is 0 Å². The lowest BCUT2D eigenvalue weighted by atomic mass is 10.0. The molecule has 2 aliphatic rings. The van der Waals surface area contributed by atoms with Gasteiger partial charge >= 0.3 is 0 Å². The lowest BCUT2D eigenvalue weighted by Gasteiger charge is -2.27. The van der Waals surface area contributed by atoms with E-state index in [2.05, 4.69) is 9.50 Å². The Morgan fingerprint density at radius 1 is 0.970 bits per heavy atom. The SMILES string of the molecule is CS(=O)(=O)OCCOCCOCCOc1cccc2c1C(=O)N(C1CCC(=O)NC1=O)C2=O. The van der Waals surface area contributed by atoms with Crippen LogP contribution in [0.4, 0.5) is 0 Å². The standard InChI is InChI=1S/C20H24N2O10S/c1-33(27,28)32-12-10-30-8-7-29-9-11-31-15-4-2-3-13-17(15)20(26)22(19(13)25)14-5-6-16(23)21-18(14)24/h2-4,14H,5-12H2,1H3,(H,21,23,24). The summed E-state index contributed by atoms with van der Waals surface area (Å²) in [7, 11) is -3.49. The number of benzene rings is 1. The van der Waals surface area contributed by atoms with Crippen LogP contribution in [0.3, 0.4) is 0 Å². The number of carbonyl (C=O) groups is 4. The van der Waals surface area contributed by atoms with Gasteiger partial charge < -0.3 is 14.2 Å². The van der Waals surface area contributed by atoms with Crippen LogP contribution in [-0.4, -0.2) is 88.9 Å². The Hall–Kier alpha value is -2.87. The van der Waals surface area contributed by atoms with Gasteiger partial charge in [-0.3, -0.25) is 33.6 Å². The van der Waals surface area contributed by atoms with Crippen LogP contribution in [-0.2, 0) is 33.4 Å². The van der Waals surface area contributed by atoms with E-state index >= 15 is 0 Å². The summed E-state index contributed by atoms with van der Waals surface area (Å²) >= 11 is 0. The molecule has 180 valence electrons. The predicted octanol–water partition coefficient (Wildman–Crippen LogP) is -0.524. The molecule has 2 heterocycles. The first-order valence-electron chi connectivity index (χ1n) is 10.2. The number of hydrogen-bond acceptors (Lipinski definition) is 10. The number of ether oxygens (including phenoxy) is 3. The number of rotatable bonds is 12. The highest BCUT2D eigenvalue weighted by Gasteiger charge is 2.45. The number of amides is 4. The zero-order valence-electron chi connectivity index (χ0n) is 17.9. The van der Waals surface area contributed by atoms with Crippen molar-refractivity contribution >= 4 is 33.7 Å². The smallest absolute Gasteiger partial charge is 0.266 e. The first-order chi connectivity index (χ1) is 15.7. The van der Waals surface area contributed by atoms with E-state index in [1.54, 1.807) is 12.1 Å². The van der Waals surface area contributed by atoms with Gasteiger partial charge in [0.25, 0.3) is 21.9 Å². The first kappa shape index (κ1) is 24.8. The van der Waals surface area contributed by atoms with Crippen LogP contribution in [0.15, 0.2) is 18.2 Å². The average molecular weight is 484 g/mol. The molecule has 12 nitrogen and oxygen atoms in total. The van der Waals surface area contributed by atoms with E-state index in [0.29, 0.717) is 0 Å². The summed E-state index contributed by atoms with van der Waals surface area (Å²) in [4.78, 5) is 50.1. The van der Waals surface area contributed by atoms with Crippen LogP contribution in [0, 0.1) is 0 Å². The maximum Gasteiger partial charge on any atom is 0.266 e.